The van der Waals surface area contributed by atoms with E-state index in [0.29, 0.717) is 24.6 Å². The van der Waals surface area contributed by atoms with Crippen LogP contribution in [0.4, 0.5) is 13.2 Å². The summed E-state index contributed by atoms with van der Waals surface area (Å²) in [6.07, 6.45) is -2.27. The highest BCUT2D eigenvalue weighted by Crippen LogP contribution is 2.18. The molecule has 0 atom stereocenters. The second-order valence-corrected chi connectivity index (χ2v) is 5.02. The number of benzene rings is 1. The van der Waals surface area contributed by atoms with Crippen molar-refractivity contribution >= 4 is 11.0 Å². The number of hydrogen-bond donors (Lipinski definition) is 0. The van der Waals surface area contributed by atoms with E-state index in [1.54, 1.807) is 13.3 Å². The maximum Gasteiger partial charge on any atom is 0.408 e. The Bertz CT molecular complexity index is 787. The van der Waals surface area contributed by atoms with E-state index in [1.807, 2.05) is 28.8 Å². The van der Waals surface area contributed by atoms with Gasteiger partial charge in [0.05, 0.1) is 17.4 Å². The van der Waals surface area contributed by atoms with Crippen LogP contribution in [0, 0.1) is 6.92 Å². The Balaban J connectivity index is 1.79. The normalized spacial score (nSPS) is 12.2. The van der Waals surface area contributed by atoms with Crippen LogP contribution >= 0.6 is 0 Å². The SMILES string of the molecule is Cc1nc(CCn2cnc3ccccc32)n(CC(F)(F)F)n1. The van der Waals surface area contributed by atoms with Crippen LogP contribution in [-0.2, 0) is 19.5 Å². The number of alkyl halides is 3. The van der Waals surface area contributed by atoms with Crippen LogP contribution in [0.15, 0.2) is 30.6 Å². The third-order valence-electron chi connectivity index (χ3n) is 3.29. The van der Waals surface area contributed by atoms with E-state index < -0.39 is 12.7 Å². The average molecular weight is 309 g/mol. The number of fused-ring (bicyclic) bond motifs is 1. The van der Waals surface area contributed by atoms with Crippen molar-refractivity contribution < 1.29 is 13.2 Å². The highest BCUT2D eigenvalue weighted by molar-refractivity contribution is 5.74. The Labute approximate surface area is 124 Å². The molecule has 3 rings (SSSR count). The first-order chi connectivity index (χ1) is 10.4. The Morgan fingerprint density at radius 3 is 2.73 bits per heavy atom. The van der Waals surface area contributed by atoms with Gasteiger partial charge in [-0.25, -0.2) is 14.6 Å². The molecule has 2 aromatic heterocycles. The lowest BCUT2D eigenvalue weighted by Gasteiger charge is -2.09. The van der Waals surface area contributed by atoms with Crippen LogP contribution < -0.4 is 0 Å². The number of imidazole rings is 1. The van der Waals surface area contributed by atoms with Crippen molar-refractivity contribution in [1.29, 1.82) is 0 Å². The lowest BCUT2D eigenvalue weighted by Crippen LogP contribution is -2.21. The van der Waals surface area contributed by atoms with Crippen LogP contribution in [0.3, 0.4) is 0 Å². The van der Waals surface area contributed by atoms with E-state index in [2.05, 4.69) is 15.1 Å². The van der Waals surface area contributed by atoms with Crippen LogP contribution in [0.1, 0.15) is 11.6 Å². The first kappa shape index (κ1) is 14.6. The van der Waals surface area contributed by atoms with Crippen LogP contribution in [-0.4, -0.2) is 30.5 Å². The molecule has 0 saturated carbocycles. The molecule has 5 nitrogen and oxygen atoms in total. The first-order valence-electron chi connectivity index (χ1n) is 6.79. The van der Waals surface area contributed by atoms with Gasteiger partial charge in [-0.1, -0.05) is 12.1 Å². The molecule has 3 aromatic rings. The summed E-state index contributed by atoms with van der Waals surface area (Å²) in [5.41, 5.74) is 1.80. The molecule has 0 aliphatic carbocycles. The second-order valence-electron chi connectivity index (χ2n) is 5.02. The molecule has 1 aromatic carbocycles. The van der Waals surface area contributed by atoms with Gasteiger partial charge in [0.15, 0.2) is 0 Å². The Morgan fingerprint density at radius 2 is 1.95 bits per heavy atom. The number of rotatable bonds is 4. The highest BCUT2D eigenvalue weighted by atomic mass is 19.4. The van der Waals surface area contributed by atoms with Gasteiger partial charge in [-0.3, -0.25) is 0 Å². The summed E-state index contributed by atoms with van der Waals surface area (Å²) in [4.78, 5) is 8.35. The first-order valence-corrected chi connectivity index (χ1v) is 6.79. The molecule has 8 heteroatoms. The molecule has 0 unspecified atom stereocenters. The molecule has 0 bridgehead atoms. The fraction of sp³-hybridized carbons (Fsp3) is 0.357. The Hall–Kier alpha value is -2.38. The molecule has 0 amide bonds. The molecule has 0 aliphatic heterocycles. The van der Waals surface area contributed by atoms with Gasteiger partial charge in [0.25, 0.3) is 0 Å². The highest BCUT2D eigenvalue weighted by Gasteiger charge is 2.30. The number of hydrogen-bond acceptors (Lipinski definition) is 3. The van der Waals surface area contributed by atoms with Crippen LogP contribution in [0.5, 0.6) is 0 Å². The summed E-state index contributed by atoms with van der Waals surface area (Å²) in [6.45, 7) is 0.966. The fourth-order valence-corrected chi connectivity index (χ4v) is 2.39. The molecule has 0 N–H and O–H groups in total. The lowest BCUT2D eigenvalue weighted by atomic mass is 10.3. The number of para-hydroxylation sites is 2. The maximum absolute atomic E-state index is 12.5. The molecule has 0 spiro atoms. The molecular formula is C14H14F3N5. The van der Waals surface area contributed by atoms with Gasteiger partial charge in [-0.05, 0) is 19.1 Å². The third-order valence-corrected chi connectivity index (χ3v) is 3.29. The number of aryl methyl sites for hydroxylation is 3. The largest absolute Gasteiger partial charge is 0.408 e. The summed E-state index contributed by atoms with van der Waals surface area (Å²) in [5, 5.41) is 3.82. The average Bonchev–Trinajstić information content (AvgIpc) is 2.98. The zero-order valence-electron chi connectivity index (χ0n) is 11.9. The monoisotopic (exact) mass is 309 g/mol. The third kappa shape index (κ3) is 3.10. The quantitative estimate of drug-likeness (QED) is 0.744. The van der Waals surface area contributed by atoms with E-state index in [1.165, 1.54) is 0 Å². The zero-order chi connectivity index (χ0) is 15.7. The summed E-state index contributed by atoms with van der Waals surface area (Å²) in [6, 6.07) is 7.61. The van der Waals surface area contributed by atoms with Gasteiger partial charge in [-0.15, -0.1) is 0 Å². The maximum atomic E-state index is 12.5. The van der Waals surface area contributed by atoms with Gasteiger partial charge < -0.3 is 4.57 Å². The summed E-state index contributed by atoms with van der Waals surface area (Å²) in [5.74, 6) is 0.669. The summed E-state index contributed by atoms with van der Waals surface area (Å²) in [7, 11) is 0. The number of aromatic nitrogens is 5. The minimum atomic E-state index is -4.31. The van der Waals surface area contributed by atoms with E-state index in [4.69, 9.17) is 0 Å². The fourth-order valence-electron chi connectivity index (χ4n) is 2.39. The smallest absolute Gasteiger partial charge is 0.330 e. The number of halogens is 3. The molecule has 2 heterocycles. The van der Waals surface area contributed by atoms with Crippen molar-refractivity contribution in [2.45, 2.75) is 32.6 Å². The van der Waals surface area contributed by atoms with Crippen molar-refractivity contribution in [3.63, 3.8) is 0 Å². The van der Waals surface area contributed by atoms with Gasteiger partial charge in [0.2, 0.25) is 0 Å². The zero-order valence-corrected chi connectivity index (χ0v) is 11.9. The number of nitrogens with zero attached hydrogens (tertiary/aromatic N) is 5. The summed E-state index contributed by atoms with van der Waals surface area (Å²) >= 11 is 0. The Kier molecular flexibility index (Phi) is 3.59. The van der Waals surface area contributed by atoms with Gasteiger partial charge in [0, 0.05) is 13.0 Å². The molecular weight excluding hydrogens is 295 g/mol. The van der Waals surface area contributed by atoms with Crippen LogP contribution in [0.25, 0.3) is 11.0 Å². The van der Waals surface area contributed by atoms with Crippen LogP contribution in [0.2, 0.25) is 0 Å². The minimum Gasteiger partial charge on any atom is -0.330 e. The minimum absolute atomic E-state index is 0.326. The van der Waals surface area contributed by atoms with E-state index in [9.17, 15) is 13.2 Å². The van der Waals surface area contributed by atoms with Crippen molar-refractivity contribution in [1.82, 2.24) is 24.3 Å². The molecule has 0 aliphatic rings. The van der Waals surface area contributed by atoms with Gasteiger partial charge in [0.1, 0.15) is 18.2 Å². The predicted molar refractivity (Wildman–Crippen MR) is 74.3 cm³/mol. The van der Waals surface area contributed by atoms with Crippen molar-refractivity contribution in [3.8, 4) is 0 Å². The topological polar surface area (TPSA) is 48.5 Å². The molecule has 0 radical (unpaired) electrons. The second kappa shape index (κ2) is 5.43. The van der Waals surface area contributed by atoms with Crippen molar-refractivity contribution in [2.75, 3.05) is 0 Å². The summed E-state index contributed by atoms with van der Waals surface area (Å²) < 4.78 is 40.5. The van der Waals surface area contributed by atoms with Gasteiger partial charge >= 0.3 is 6.18 Å². The molecule has 0 saturated heterocycles. The molecule has 22 heavy (non-hydrogen) atoms. The van der Waals surface area contributed by atoms with Gasteiger partial charge in [-0.2, -0.15) is 18.3 Å². The molecule has 0 fully saturated rings. The lowest BCUT2D eigenvalue weighted by molar-refractivity contribution is -0.143. The van der Waals surface area contributed by atoms with E-state index in [0.717, 1.165) is 15.7 Å². The van der Waals surface area contributed by atoms with E-state index >= 15 is 0 Å². The van der Waals surface area contributed by atoms with E-state index in [-0.39, 0.29) is 0 Å². The van der Waals surface area contributed by atoms with Crippen molar-refractivity contribution in [3.05, 3.63) is 42.2 Å². The Morgan fingerprint density at radius 1 is 1.18 bits per heavy atom. The molecule has 116 valence electrons. The standard InChI is InChI=1S/C14H14F3N5/c1-10-19-13(22(20-10)8-14(15,16)17)6-7-21-9-18-11-4-2-3-5-12(11)21/h2-5,9H,6-8H2,1H3. The van der Waals surface area contributed by atoms with Crippen molar-refractivity contribution in [2.24, 2.45) is 0 Å². The predicted octanol–water partition coefficient (Wildman–Crippen LogP) is 2.74.